The number of unbranched alkanes of at least 4 members (excludes halogenated alkanes) is 1. The molecule has 202 valence electrons. The molecule has 0 spiro atoms. The number of methoxy groups -OCH3 is 1. The molecule has 1 N–H and O–H groups in total. The van der Waals surface area contributed by atoms with Crippen molar-refractivity contribution in [2.45, 2.75) is 32.4 Å². The van der Waals surface area contributed by atoms with Crippen molar-refractivity contribution in [1.29, 1.82) is 0 Å². The second-order valence-electron chi connectivity index (χ2n) is 9.26. The fourth-order valence-corrected chi connectivity index (χ4v) is 4.72. The zero-order valence-corrected chi connectivity index (χ0v) is 21.9. The molecule has 1 aromatic heterocycles. The van der Waals surface area contributed by atoms with E-state index in [0.29, 0.717) is 53.9 Å². The number of pyridine rings is 1. The quantitative estimate of drug-likeness (QED) is 0.184. The fourth-order valence-electron chi connectivity index (χ4n) is 4.72. The first kappa shape index (κ1) is 26.1. The Labute approximate surface area is 226 Å². The summed E-state index contributed by atoms with van der Waals surface area (Å²) in [6.45, 7) is 3.54. The summed E-state index contributed by atoms with van der Waals surface area (Å²) in [6, 6.07) is 12.9. The Kier molecular flexibility index (Phi) is 7.67. The van der Waals surface area contributed by atoms with E-state index in [1.807, 2.05) is 6.07 Å². The lowest BCUT2D eigenvalue weighted by Crippen LogP contribution is -2.29. The van der Waals surface area contributed by atoms with Gasteiger partial charge in [0.25, 0.3) is 11.7 Å². The van der Waals surface area contributed by atoms with E-state index in [1.54, 1.807) is 54.9 Å². The standard InChI is InChI=1S/C30H30N2O7/c1-3-4-12-37-22-9-7-20(15-24(22)36-2)27-26(28(33)21-8-10-23-25(16-21)39-14-13-38-23)29(34)30(35)32(27)18-19-6-5-11-31-17-19/h5-11,15-17,27,33H,3-4,12-14,18H2,1-2H3. The number of likely N-dealkylation sites (tertiary alicyclic amines) is 1. The zero-order valence-electron chi connectivity index (χ0n) is 21.9. The van der Waals surface area contributed by atoms with E-state index in [1.165, 1.54) is 12.0 Å². The van der Waals surface area contributed by atoms with Crippen LogP contribution in [0.15, 0.2) is 66.5 Å². The highest BCUT2D eigenvalue weighted by Gasteiger charge is 2.46. The monoisotopic (exact) mass is 530 g/mol. The number of hydrogen-bond acceptors (Lipinski definition) is 8. The summed E-state index contributed by atoms with van der Waals surface area (Å²) in [6.07, 6.45) is 5.16. The van der Waals surface area contributed by atoms with Crippen LogP contribution < -0.4 is 18.9 Å². The Bertz CT molecular complexity index is 1400. The molecule has 9 nitrogen and oxygen atoms in total. The first-order valence-corrected chi connectivity index (χ1v) is 12.9. The van der Waals surface area contributed by atoms with Gasteiger partial charge in [-0.15, -0.1) is 0 Å². The maximum absolute atomic E-state index is 13.5. The predicted octanol–water partition coefficient (Wildman–Crippen LogP) is 4.66. The molecule has 0 bridgehead atoms. The second kappa shape index (κ2) is 11.5. The number of ketones is 1. The van der Waals surface area contributed by atoms with Crippen molar-refractivity contribution in [3.63, 3.8) is 0 Å². The molecule has 39 heavy (non-hydrogen) atoms. The number of nitrogens with zero attached hydrogens (tertiary/aromatic N) is 2. The first-order valence-electron chi connectivity index (χ1n) is 12.9. The lowest BCUT2D eigenvalue weighted by Gasteiger charge is -2.26. The lowest BCUT2D eigenvalue weighted by atomic mass is 9.94. The minimum atomic E-state index is -0.878. The van der Waals surface area contributed by atoms with Gasteiger partial charge in [-0.2, -0.15) is 0 Å². The highest BCUT2D eigenvalue weighted by molar-refractivity contribution is 6.46. The van der Waals surface area contributed by atoms with Crippen molar-refractivity contribution in [1.82, 2.24) is 9.88 Å². The molecule has 1 atom stereocenters. The third kappa shape index (κ3) is 5.25. The van der Waals surface area contributed by atoms with Crippen molar-refractivity contribution in [2.75, 3.05) is 26.9 Å². The summed E-state index contributed by atoms with van der Waals surface area (Å²) in [7, 11) is 1.54. The van der Waals surface area contributed by atoms with Crippen LogP contribution >= 0.6 is 0 Å². The predicted molar refractivity (Wildman–Crippen MR) is 143 cm³/mol. The number of fused-ring (bicyclic) bond motifs is 1. The van der Waals surface area contributed by atoms with E-state index in [0.717, 1.165) is 18.4 Å². The molecule has 0 aliphatic carbocycles. The van der Waals surface area contributed by atoms with Gasteiger partial charge in [0.05, 0.1) is 25.3 Å². The van der Waals surface area contributed by atoms with Crippen LogP contribution in [-0.2, 0) is 16.1 Å². The molecule has 2 aromatic carbocycles. The van der Waals surface area contributed by atoms with E-state index in [2.05, 4.69) is 11.9 Å². The minimum Gasteiger partial charge on any atom is -0.507 e. The molecule has 1 fully saturated rings. The molecule has 2 aliphatic heterocycles. The summed E-state index contributed by atoms with van der Waals surface area (Å²) in [5.74, 6) is 0.243. The van der Waals surface area contributed by atoms with Gasteiger partial charge < -0.3 is 29.0 Å². The number of aliphatic hydroxyl groups excluding tert-OH is 1. The van der Waals surface area contributed by atoms with E-state index in [9.17, 15) is 14.7 Å². The van der Waals surface area contributed by atoms with Crippen molar-refractivity contribution in [2.24, 2.45) is 0 Å². The SMILES string of the molecule is CCCCOc1ccc(C2C(=C(O)c3ccc4c(c3)OCCO4)C(=O)C(=O)N2Cc2cccnc2)cc1OC. The molecule has 0 radical (unpaired) electrons. The number of Topliss-reactive ketones (excluding diaryl/α,β-unsaturated/α-hetero) is 1. The Morgan fingerprint density at radius 2 is 1.90 bits per heavy atom. The maximum Gasteiger partial charge on any atom is 0.295 e. The molecular formula is C30H30N2O7. The minimum absolute atomic E-state index is 0.0257. The number of rotatable bonds is 9. The maximum atomic E-state index is 13.5. The molecule has 9 heteroatoms. The van der Waals surface area contributed by atoms with Crippen LogP contribution in [0.5, 0.6) is 23.0 Å². The number of ether oxygens (including phenoxy) is 4. The number of benzene rings is 2. The van der Waals surface area contributed by atoms with Crippen LogP contribution in [0.25, 0.3) is 5.76 Å². The van der Waals surface area contributed by atoms with Crippen LogP contribution in [0, 0.1) is 0 Å². The third-order valence-electron chi connectivity index (χ3n) is 6.69. The van der Waals surface area contributed by atoms with Gasteiger partial charge >= 0.3 is 0 Å². The molecule has 1 unspecified atom stereocenters. The Hall–Kier alpha value is -4.53. The van der Waals surface area contributed by atoms with Gasteiger partial charge in [-0.3, -0.25) is 14.6 Å². The first-order chi connectivity index (χ1) is 19.0. The molecule has 3 aromatic rings. The Balaban J connectivity index is 1.61. The number of hydrogen-bond donors (Lipinski definition) is 1. The van der Waals surface area contributed by atoms with Gasteiger partial charge in [-0.25, -0.2) is 0 Å². The average Bonchev–Trinajstić information content (AvgIpc) is 3.22. The second-order valence-corrected chi connectivity index (χ2v) is 9.26. The largest absolute Gasteiger partial charge is 0.507 e. The van der Waals surface area contributed by atoms with Gasteiger partial charge in [-0.05, 0) is 53.9 Å². The molecular weight excluding hydrogens is 500 g/mol. The van der Waals surface area contributed by atoms with E-state index in [4.69, 9.17) is 18.9 Å². The lowest BCUT2D eigenvalue weighted by molar-refractivity contribution is -0.140. The van der Waals surface area contributed by atoms with Crippen LogP contribution in [-0.4, -0.2) is 53.6 Å². The van der Waals surface area contributed by atoms with Gasteiger partial charge in [-0.1, -0.05) is 25.5 Å². The van der Waals surface area contributed by atoms with Gasteiger partial charge in [0, 0.05) is 24.5 Å². The molecule has 1 amide bonds. The summed E-state index contributed by atoms with van der Waals surface area (Å²) < 4.78 is 22.7. The number of amides is 1. The summed E-state index contributed by atoms with van der Waals surface area (Å²) in [5.41, 5.74) is 1.66. The van der Waals surface area contributed by atoms with Crippen molar-refractivity contribution < 1.29 is 33.6 Å². The normalized spacial score (nSPS) is 17.8. The molecule has 0 saturated carbocycles. The average molecular weight is 531 g/mol. The van der Waals surface area contributed by atoms with Crippen LogP contribution in [0.3, 0.4) is 0 Å². The molecule has 2 aliphatic rings. The third-order valence-corrected chi connectivity index (χ3v) is 6.69. The van der Waals surface area contributed by atoms with Crippen LogP contribution in [0.1, 0.15) is 42.5 Å². The smallest absolute Gasteiger partial charge is 0.295 e. The summed E-state index contributed by atoms with van der Waals surface area (Å²) >= 11 is 0. The highest BCUT2D eigenvalue weighted by Crippen LogP contribution is 2.43. The number of carbonyl (C=O) groups excluding carboxylic acids is 2. The summed E-state index contributed by atoms with van der Waals surface area (Å²) in [4.78, 5) is 32.4. The van der Waals surface area contributed by atoms with Crippen molar-refractivity contribution in [3.05, 3.63) is 83.2 Å². The van der Waals surface area contributed by atoms with E-state index >= 15 is 0 Å². The summed E-state index contributed by atoms with van der Waals surface area (Å²) in [5, 5.41) is 11.5. The number of carbonyl (C=O) groups is 2. The topological polar surface area (TPSA) is 107 Å². The van der Waals surface area contributed by atoms with E-state index < -0.39 is 17.7 Å². The fraction of sp³-hybridized carbons (Fsp3) is 0.300. The Morgan fingerprint density at radius 1 is 1.08 bits per heavy atom. The van der Waals surface area contributed by atoms with Crippen LogP contribution in [0.4, 0.5) is 0 Å². The molecule has 1 saturated heterocycles. The number of aromatic nitrogens is 1. The van der Waals surface area contributed by atoms with Crippen molar-refractivity contribution in [3.8, 4) is 23.0 Å². The number of aliphatic hydroxyl groups is 1. The molecule has 5 rings (SSSR count). The Morgan fingerprint density at radius 3 is 2.64 bits per heavy atom. The van der Waals surface area contributed by atoms with Crippen molar-refractivity contribution >= 4 is 17.4 Å². The van der Waals surface area contributed by atoms with Gasteiger partial charge in [0.2, 0.25) is 0 Å². The molecule has 3 heterocycles. The zero-order chi connectivity index (χ0) is 27.4. The van der Waals surface area contributed by atoms with E-state index in [-0.39, 0.29) is 17.9 Å². The van der Waals surface area contributed by atoms with Gasteiger partial charge in [0.1, 0.15) is 19.0 Å². The van der Waals surface area contributed by atoms with Crippen LogP contribution in [0.2, 0.25) is 0 Å². The van der Waals surface area contributed by atoms with Gasteiger partial charge in [0.15, 0.2) is 23.0 Å². The highest BCUT2D eigenvalue weighted by atomic mass is 16.6.